The molecule has 0 amide bonds. The fourth-order valence-corrected chi connectivity index (χ4v) is 5.06. The highest BCUT2D eigenvalue weighted by atomic mass is 32.2. The van der Waals surface area contributed by atoms with E-state index in [4.69, 9.17) is 0 Å². The van der Waals surface area contributed by atoms with Gasteiger partial charge in [0, 0.05) is 22.4 Å². The number of hydrogen-bond acceptors (Lipinski definition) is 3. The lowest BCUT2D eigenvalue weighted by molar-refractivity contribution is 0.499. The van der Waals surface area contributed by atoms with Crippen LogP contribution in [0.5, 0.6) is 0 Å². The van der Waals surface area contributed by atoms with E-state index in [1.54, 1.807) is 29.2 Å². The number of fused-ring (bicyclic) bond motifs is 1. The zero-order valence-corrected chi connectivity index (χ0v) is 14.8. The van der Waals surface area contributed by atoms with Crippen LogP contribution in [0, 0.1) is 5.82 Å². The monoisotopic (exact) mass is 355 g/mol. The second kappa shape index (κ2) is 7.09. The van der Waals surface area contributed by atoms with Crippen molar-refractivity contribution in [1.29, 1.82) is 0 Å². The van der Waals surface area contributed by atoms with Gasteiger partial charge in [-0.2, -0.15) is 0 Å². The fourth-order valence-electron chi connectivity index (χ4n) is 3.08. The Balaban J connectivity index is 1.47. The highest BCUT2D eigenvalue weighted by molar-refractivity contribution is 7.99. The summed E-state index contributed by atoms with van der Waals surface area (Å²) in [6.07, 6.45) is 1.04. The number of thiophene rings is 1. The Morgan fingerprint density at radius 1 is 1.04 bits per heavy atom. The van der Waals surface area contributed by atoms with Crippen molar-refractivity contribution < 1.29 is 4.39 Å². The second-order valence-electron chi connectivity index (χ2n) is 5.90. The molecule has 4 rings (SSSR count). The van der Waals surface area contributed by atoms with Crippen molar-refractivity contribution in [3.63, 3.8) is 0 Å². The van der Waals surface area contributed by atoms with Gasteiger partial charge in [0.1, 0.15) is 5.82 Å². The summed E-state index contributed by atoms with van der Waals surface area (Å²) in [6, 6.07) is 18.3. The standard InChI is InChI=1S/C20H18FNS2/c21-18-8-4-7-17-19(9-10-23-20(17)18)22-12-16-11-15(13-24-16)14-5-2-1-3-6-14/h1-8,11,13,19,22H,9-10,12H2/t19-/m0/s1. The van der Waals surface area contributed by atoms with Crippen LogP contribution in [-0.2, 0) is 6.54 Å². The topological polar surface area (TPSA) is 12.0 Å². The molecule has 4 heteroatoms. The molecular formula is C20H18FNS2. The smallest absolute Gasteiger partial charge is 0.137 e. The molecule has 3 aromatic rings. The highest BCUT2D eigenvalue weighted by Gasteiger charge is 2.22. The molecule has 1 aliphatic heterocycles. The third-order valence-electron chi connectivity index (χ3n) is 4.31. The molecule has 0 aliphatic carbocycles. The van der Waals surface area contributed by atoms with Crippen molar-refractivity contribution in [3.8, 4) is 11.1 Å². The Morgan fingerprint density at radius 2 is 1.92 bits per heavy atom. The molecule has 0 saturated heterocycles. The molecule has 24 heavy (non-hydrogen) atoms. The summed E-state index contributed by atoms with van der Waals surface area (Å²) in [5, 5.41) is 5.82. The maximum Gasteiger partial charge on any atom is 0.137 e. The van der Waals surface area contributed by atoms with Gasteiger partial charge in [-0.1, -0.05) is 42.5 Å². The van der Waals surface area contributed by atoms with E-state index in [1.165, 1.54) is 16.0 Å². The maximum absolute atomic E-state index is 14.0. The zero-order chi connectivity index (χ0) is 16.4. The summed E-state index contributed by atoms with van der Waals surface area (Å²) in [4.78, 5) is 2.13. The van der Waals surface area contributed by atoms with E-state index in [9.17, 15) is 4.39 Å². The molecule has 0 fully saturated rings. The molecule has 1 atom stereocenters. The van der Waals surface area contributed by atoms with Gasteiger partial charge in [-0.15, -0.1) is 23.1 Å². The van der Waals surface area contributed by atoms with Gasteiger partial charge in [-0.3, -0.25) is 0 Å². The molecule has 1 N–H and O–H groups in total. The molecule has 0 unspecified atom stereocenters. The van der Waals surface area contributed by atoms with Crippen LogP contribution in [0.4, 0.5) is 4.39 Å². The second-order valence-corrected chi connectivity index (χ2v) is 8.00. The Morgan fingerprint density at radius 3 is 2.79 bits per heavy atom. The van der Waals surface area contributed by atoms with E-state index in [0.29, 0.717) is 0 Å². The van der Waals surface area contributed by atoms with Crippen LogP contribution >= 0.6 is 23.1 Å². The molecule has 2 aromatic carbocycles. The van der Waals surface area contributed by atoms with Crippen LogP contribution in [0.25, 0.3) is 11.1 Å². The van der Waals surface area contributed by atoms with Crippen LogP contribution in [-0.4, -0.2) is 5.75 Å². The van der Waals surface area contributed by atoms with E-state index in [1.807, 2.05) is 18.2 Å². The first-order valence-electron chi connectivity index (χ1n) is 8.09. The molecule has 0 saturated carbocycles. The molecule has 0 radical (unpaired) electrons. The quantitative estimate of drug-likeness (QED) is 0.627. The number of thioether (sulfide) groups is 1. The Kier molecular flexibility index (Phi) is 4.69. The van der Waals surface area contributed by atoms with Crippen molar-refractivity contribution in [2.75, 3.05) is 5.75 Å². The average molecular weight is 356 g/mol. The van der Waals surface area contributed by atoms with Gasteiger partial charge < -0.3 is 5.32 Å². The van der Waals surface area contributed by atoms with Crippen molar-refractivity contribution in [2.45, 2.75) is 23.9 Å². The first-order chi connectivity index (χ1) is 11.8. The summed E-state index contributed by atoms with van der Waals surface area (Å²) in [5.74, 6) is 0.872. The molecule has 1 aromatic heterocycles. The van der Waals surface area contributed by atoms with Crippen molar-refractivity contribution in [3.05, 3.63) is 76.2 Å². The van der Waals surface area contributed by atoms with Crippen molar-refractivity contribution in [1.82, 2.24) is 5.32 Å². The Hall–Kier alpha value is -1.62. The zero-order valence-electron chi connectivity index (χ0n) is 13.2. The lowest BCUT2D eigenvalue weighted by Gasteiger charge is -2.26. The molecule has 1 nitrogen and oxygen atoms in total. The summed E-state index contributed by atoms with van der Waals surface area (Å²) in [6.45, 7) is 0.822. The van der Waals surface area contributed by atoms with E-state index >= 15 is 0 Å². The molecule has 122 valence electrons. The van der Waals surface area contributed by atoms with Gasteiger partial charge in [0.2, 0.25) is 0 Å². The lowest BCUT2D eigenvalue weighted by atomic mass is 10.0. The lowest BCUT2D eigenvalue weighted by Crippen LogP contribution is -2.24. The number of rotatable bonds is 4. The fraction of sp³-hybridized carbons (Fsp3) is 0.200. The number of benzene rings is 2. The number of halogens is 1. The maximum atomic E-state index is 14.0. The third-order valence-corrected chi connectivity index (χ3v) is 6.41. The first kappa shape index (κ1) is 15.9. The van der Waals surface area contributed by atoms with Gasteiger partial charge in [0.05, 0.1) is 0 Å². The van der Waals surface area contributed by atoms with Crippen LogP contribution in [0.15, 0.2) is 64.9 Å². The molecular weight excluding hydrogens is 337 g/mol. The van der Waals surface area contributed by atoms with E-state index in [-0.39, 0.29) is 11.9 Å². The highest BCUT2D eigenvalue weighted by Crippen LogP contribution is 2.38. The van der Waals surface area contributed by atoms with Gasteiger partial charge in [-0.05, 0) is 46.4 Å². The number of nitrogens with one attached hydrogen (secondary N) is 1. The number of hydrogen-bond donors (Lipinski definition) is 1. The van der Waals surface area contributed by atoms with E-state index in [2.05, 4.69) is 41.0 Å². The van der Waals surface area contributed by atoms with Gasteiger partial charge in [0.15, 0.2) is 0 Å². The Labute approximate surface area is 149 Å². The first-order valence-corrected chi connectivity index (χ1v) is 9.95. The summed E-state index contributed by atoms with van der Waals surface area (Å²) >= 11 is 3.41. The summed E-state index contributed by atoms with van der Waals surface area (Å²) < 4.78 is 14.0. The minimum atomic E-state index is -0.0912. The largest absolute Gasteiger partial charge is 0.305 e. The predicted octanol–water partition coefficient (Wildman–Crippen LogP) is 5.88. The minimum absolute atomic E-state index is 0.0912. The van der Waals surface area contributed by atoms with Crippen LogP contribution in [0.1, 0.15) is 22.9 Å². The molecule has 0 spiro atoms. The van der Waals surface area contributed by atoms with E-state index in [0.717, 1.165) is 29.2 Å². The predicted molar refractivity (Wildman–Crippen MR) is 101 cm³/mol. The molecule has 0 bridgehead atoms. The SMILES string of the molecule is Fc1cccc2c1SCC[C@@H]2NCc1cc(-c2ccccc2)cs1. The van der Waals surface area contributed by atoms with Crippen LogP contribution < -0.4 is 5.32 Å². The minimum Gasteiger partial charge on any atom is -0.305 e. The average Bonchev–Trinajstić information content (AvgIpc) is 3.10. The normalized spacial score (nSPS) is 16.8. The molecule has 2 heterocycles. The Bertz CT molecular complexity index is 829. The van der Waals surface area contributed by atoms with Crippen molar-refractivity contribution >= 4 is 23.1 Å². The summed E-state index contributed by atoms with van der Waals surface area (Å²) in [7, 11) is 0. The van der Waals surface area contributed by atoms with Gasteiger partial charge >= 0.3 is 0 Å². The van der Waals surface area contributed by atoms with Gasteiger partial charge in [-0.25, -0.2) is 4.39 Å². The van der Waals surface area contributed by atoms with Gasteiger partial charge in [0.25, 0.3) is 0 Å². The third kappa shape index (κ3) is 3.27. The molecule has 1 aliphatic rings. The van der Waals surface area contributed by atoms with Crippen LogP contribution in [0.3, 0.4) is 0 Å². The summed E-state index contributed by atoms with van der Waals surface area (Å²) in [5.41, 5.74) is 3.62. The van der Waals surface area contributed by atoms with Crippen LogP contribution in [0.2, 0.25) is 0 Å². The van der Waals surface area contributed by atoms with E-state index < -0.39 is 0 Å². The van der Waals surface area contributed by atoms with Crippen molar-refractivity contribution in [2.24, 2.45) is 0 Å².